The molecule has 2 aliphatic rings. The molecular formula is C27H31FN4O3. The molecule has 0 bridgehead atoms. The number of carbonyl (C=O) groups excluding carboxylic acids is 3. The van der Waals surface area contributed by atoms with Crippen LogP contribution in [0.5, 0.6) is 0 Å². The van der Waals surface area contributed by atoms with E-state index in [0.29, 0.717) is 18.4 Å². The van der Waals surface area contributed by atoms with Crippen molar-refractivity contribution in [3.8, 4) is 11.1 Å². The van der Waals surface area contributed by atoms with Gasteiger partial charge in [-0.15, -0.1) is 0 Å². The molecule has 3 heterocycles. The lowest BCUT2D eigenvalue weighted by Crippen LogP contribution is -2.31. The first-order valence-corrected chi connectivity index (χ1v) is 11.8. The molecule has 1 saturated heterocycles. The molecule has 1 fully saturated rings. The van der Waals surface area contributed by atoms with Gasteiger partial charge in [-0.2, -0.15) is 0 Å². The van der Waals surface area contributed by atoms with Crippen molar-refractivity contribution < 1.29 is 18.8 Å². The Balaban J connectivity index is 0.000000308. The number of hydrogen-bond acceptors (Lipinski definition) is 4. The molecule has 2 aromatic carbocycles. The number of aromatic nitrogens is 1. The van der Waals surface area contributed by atoms with Gasteiger partial charge >= 0.3 is 0 Å². The molecule has 2 aliphatic heterocycles. The van der Waals surface area contributed by atoms with Crippen molar-refractivity contribution in [1.82, 2.24) is 9.47 Å². The number of benzene rings is 2. The van der Waals surface area contributed by atoms with E-state index < -0.39 is 11.7 Å². The minimum atomic E-state index is -0.596. The van der Waals surface area contributed by atoms with Crippen LogP contribution in [0.25, 0.3) is 22.0 Å². The second-order valence-electron chi connectivity index (χ2n) is 10.1. The summed E-state index contributed by atoms with van der Waals surface area (Å²) in [5.41, 5.74) is 14.7. The molecule has 7 nitrogen and oxygen atoms in total. The summed E-state index contributed by atoms with van der Waals surface area (Å²) in [4.78, 5) is 36.8. The van der Waals surface area contributed by atoms with Gasteiger partial charge in [0.2, 0.25) is 11.8 Å². The summed E-state index contributed by atoms with van der Waals surface area (Å²) < 4.78 is 15.5. The number of likely N-dealkylation sites (tertiary alicyclic amines) is 1. The molecule has 0 unspecified atom stereocenters. The quantitative estimate of drug-likeness (QED) is 0.533. The highest BCUT2D eigenvalue weighted by Crippen LogP contribution is 2.43. The monoisotopic (exact) mass is 478 g/mol. The number of nitrogen functional groups attached to an aromatic ring is 1. The van der Waals surface area contributed by atoms with Gasteiger partial charge in [0.1, 0.15) is 5.82 Å². The van der Waals surface area contributed by atoms with E-state index in [1.807, 2.05) is 18.7 Å². The molecule has 4 N–H and O–H groups in total. The number of rotatable bonds is 2. The first kappa shape index (κ1) is 24.4. The van der Waals surface area contributed by atoms with Crippen molar-refractivity contribution in [2.75, 3.05) is 18.8 Å². The Morgan fingerprint density at radius 2 is 1.71 bits per heavy atom. The third kappa shape index (κ3) is 4.78. The lowest BCUT2D eigenvalue weighted by atomic mass is 9.80. The normalized spacial score (nSPS) is 16.6. The minimum absolute atomic E-state index is 0.0511. The van der Waals surface area contributed by atoms with E-state index in [9.17, 15) is 18.8 Å². The highest BCUT2D eigenvalue weighted by Gasteiger charge is 2.35. The van der Waals surface area contributed by atoms with Gasteiger partial charge in [0.25, 0.3) is 5.91 Å². The Bertz CT molecular complexity index is 1340. The number of fused-ring (bicyclic) bond motifs is 3. The number of anilines is 1. The van der Waals surface area contributed by atoms with Crippen LogP contribution in [0.1, 0.15) is 60.9 Å². The van der Waals surface area contributed by atoms with Crippen molar-refractivity contribution in [1.29, 1.82) is 0 Å². The first-order valence-electron chi connectivity index (χ1n) is 11.8. The van der Waals surface area contributed by atoms with E-state index in [-0.39, 0.29) is 28.5 Å². The maximum atomic E-state index is 13.9. The molecular weight excluding hydrogens is 447 g/mol. The number of carbonyl (C=O) groups is 3. The first-order chi connectivity index (χ1) is 16.5. The maximum Gasteiger partial charge on any atom is 0.250 e. The minimum Gasteiger partial charge on any atom is -0.398 e. The summed E-state index contributed by atoms with van der Waals surface area (Å²) in [6.07, 6.45) is 3.45. The van der Waals surface area contributed by atoms with Gasteiger partial charge in [0, 0.05) is 48.8 Å². The van der Waals surface area contributed by atoms with Crippen molar-refractivity contribution in [3.63, 3.8) is 0 Å². The van der Waals surface area contributed by atoms with Crippen molar-refractivity contribution in [2.24, 2.45) is 11.1 Å². The van der Waals surface area contributed by atoms with Gasteiger partial charge in [0.05, 0.1) is 11.1 Å². The number of halogens is 1. The molecule has 0 atom stereocenters. The Labute approximate surface area is 203 Å². The molecule has 3 aromatic rings. The Kier molecular flexibility index (Phi) is 6.40. The summed E-state index contributed by atoms with van der Waals surface area (Å²) in [6, 6.07) is 9.49. The van der Waals surface area contributed by atoms with E-state index in [2.05, 4.69) is 0 Å². The van der Waals surface area contributed by atoms with Crippen LogP contribution in [-0.4, -0.2) is 40.3 Å². The van der Waals surface area contributed by atoms with E-state index in [0.717, 1.165) is 35.3 Å². The van der Waals surface area contributed by atoms with Crippen molar-refractivity contribution in [3.05, 3.63) is 53.5 Å². The molecule has 2 amide bonds. The summed E-state index contributed by atoms with van der Waals surface area (Å²) in [6.45, 7) is 7.68. The topological polar surface area (TPSA) is 111 Å². The van der Waals surface area contributed by atoms with Gasteiger partial charge in [0.15, 0.2) is 0 Å². The second kappa shape index (κ2) is 9.17. The van der Waals surface area contributed by atoms with Crippen LogP contribution < -0.4 is 11.5 Å². The highest BCUT2D eigenvalue weighted by atomic mass is 19.1. The fraction of sp³-hybridized carbons (Fsp3) is 0.370. The smallest absolute Gasteiger partial charge is 0.250 e. The summed E-state index contributed by atoms with van der Waals surface area (Å²) in [5, 5.41) is 0.781. The van der Waals surface area contributed by atoms with E-state index in [4.69, 9.17) is 11.5 Å². The fourth-order valence-electron chi connectivity index (χ4n) is 5.07. The number of hydrogen-bond donors (Lipinski definition) is 2. The number of nitrogens with zero attached hydrogens (tertiary/aromatic N) is 2. The third-order valence-corrected chi connectivity index (χ3v) is 6.71. The molecule has 0 spiro atoms. The lowest BCUT2D eigenvalue weighted by Gasteiger charge is -2.30. The van der Waals surface area contributed by atoms with Crippen LogP contribution in [0.2, 0.25) is 0 Å². The van der Waals surface area contributed by atoms with Gasteiger partial charge in [-0.1, -0.05) is 19.9 Å². The largest absolute Gasteiger partial charge is 0.398 e. The SMILES string of the molecule is CC(=O)N1CCCC1.CC1(C)CC(=O)n2c(c(-c3ccc(C(N)=O)c(N)c3)c3ccc(F)cc32)C1. The van der Waals surface area contributed by atoms with Gasteiger partial charge < -0.3 is 16.4 Å². The molecule has 0 radical (unpaired) electrons. The van der Waals surface area contributed by atoms with Crippen LogP contribution in [0, 0.1) is 11.2 Å². The summed E-state index contributed by atoms with van der Waals surface area (Å²) >= 11 is 0. The summed E-state index contributed by atoms with van der Waals surface area (Å²) in [7, 11) is 0. The van der Waals surface area contributed by atoms with Gasteiger partial charge in [-0.25, -0.2) is 4.39 Å². The zero-order valence-electron chi connectivity index (χ0n) is 20.4. The van der Waals surface area contributed by atoms with Crippen LogP contribution >= 0.6 is 0 Å². The maximum absolute atomic E-state index is 13.9. The zero-order valence-corrected chi connectivity index (χ0v) is 20.4. The Morgan fingerprint density at radius 3 is 2.29 bits per heavy atom. The molecule has 35 heavy (non-hydrogen) atoms. The van der Waals surface area contributed by atoms with Crippen LogP contribution in [0.4, 0.5) is 10.1 Å². The molecule has 0 saturated carbocycles. The summed E-state index contributed by atoms with van der Waals surface area (Å²) in [5.74, 6) is -0.816. The fourth-order valence-corrected chi connectivity index (χ4v) is 5.07. The molecule has 1 aromatic heterocycles. The van der Waals surface area contributed by atoms with Gasteiger partial charge in [-0.3, -0.25) is 19.0 Å². The Hall–Kier alpha value is -3.68. The third-order valence-electron chi connectivity index (χ3n) is 6.71. The van der Waals surface area contributed by atoms with Crippen molar-refractivity contribution in [2.45, 2.75) is 46.5 Å². The number of primary amides is 1. The van der Waals surface area contributed by atoms with E-state index >= 15 is 0 Å². The second-order valence-corrected chi connectivity index (χ2v) is 10.1. The zero-order chi connectivity index (χ0) is 25.5. The highest BCUT2D eigenvalue weighted by molar-refractivity contribution is 6.06. The molecule has 0 aliphatic carbocycles. The van der Waals surface area contributed by atoms with Crippen LogP contribution in [0.3, 0.4) is 0 Å². The standard InChI is InChI=1S/C21H20FN3O2.C6H11NO/c1-21(2)9-17-19(11-3-5-13(20(24)27)15(23)7-11)14-6-4-12(22)8-16(14)25(17)18(26)10-21;1-6(8)7-4-2-3-5-7/h3-8H,9-10,23H2,1-2H3,(H2,24,27);2-5H2,1H3. The molecule has 5 rings (SSSR count). The average molecular weight is 479 g/mol. The van der Waals surface area contributed by atoms with Crippen molar-refractivity contribution >= 4 is 34.3 Å². The predicted molar refractivity (Wildman–Crippen MR) is 134 cm³/mol. The van der Waals surface area contributed by atoms with E-state index in [1.165, 1.54) is 25.0 Å². The lowest BCUT2D eigenvalue weighted by molar-refractivity contribution is -0.127. The van der Waals surface area contributed by atoms with Gasteiger partial charge in [-0.05, 0) is 60.6 Å². The number of nitrogens with two attached hydrogens (primary N) is 2. The average Bonchev–Trinajstić information content (AvgIpc) is 3.39. The predicted octanol–water partition coefficient (Wildman–Crippen LogP) is 4.37. The Morgan fingerprint density at radius 1 is 1.03 bits per heavy atom. The van der Waals surface area contributed by atoms with Crippen LogP contribution in [-0.2, 0) is 11.2 Å². The van der Waals surface area contributed by atoms with Crippen LogP contribution in [0.15, 0.2) is 36.4 Å². The molecule has 8 heteroatoms. The molecule has 184 valence electrons. The number of amides is 2. The van der Waals surface area contributed by atoms with E-state index in [1.54, 1.807) is 35.8 Å².